The van der Waals surface area contributed by atoms with Crippen molar-refractivity contribution in [2.45, 2.75) is 13.5 Å². The molecule has 0 bridgehead atoms. The van der Waals surface area contributed by atoms with Crippen molar-refractivity contribution >= 4 is 15.9 Å². The van der Waals surface area contributed by atoms with Crippen LogP contribution in [0.5, 0.6) is 11.5 Å². The van der Waals surface area contributed by atoms with Gasteiger partial charge in [0, 0.05) is 5.56 Å². The van der Waals surface area contributed by atoms with Gasteiger partial charge in [-0.05, 0) is 46.6 Å². The number of ether oxygens (including phenoxy) is 1. The lowest BCUT2D eigenvalue weighted by Crippen LogP contribution is -1.95. The van der Waals surface area contributed by atoms with Gasteiger partial charge < -0.3 is 9.84 Å². The molecule has 4 heteroatoms. The second-order valence-electron chi connectivity index (χ2n) is 3.92. The molecule has 18 heavy (non-hydrogen) atoms. The Morgan fingerprint density at radius 3 is 2.72 bits per heavy atom. The first-order chi connectivity index (χ1) is 8.61. The maximum atomic E-state index is 13.7. The van der Waals surface area contributed by atoms with Crippen LogP contribution in [0.3, 0.4) is 0 Å². The molecule has 1 N–H and O–H groups in total. The molecule has 0 aliphatic rings. The molecule has 2 aromatic rings. The van der Waals surface area contributed by atoms with Gasteiger partial charge in [-0.3, -0.25) is 0 Å². The van der Waals surface area contributed by atoms with Gasteiger partial charge in [0.05, 0.1) is 11.1 Å². The standard InChI is InChI=1S/C14H12BrFO2/c1-9-5-6-13(11(15)7-9)18-14-10(8-17)3-2-4-12(14)16/h2-7,17H,8H2,1H3. The number of para-hydroxylation sites is 1. The summed E-state index contributed by atoms with van der Waals surface area (Å²) in [6.07, 6.45) is 0. The fraction of sp³-hybridized carbons (Fsp3) is 0.143. The highest BCUT2D eigenvalue weighted by atomic mass is 79.9. The molecule has 0 amide bonds. The second kappa shape index (κ2) is 5.50. The Bertz CT molecular complexity index is 570. The summed E-state index contributed by atoms with van der Waals surface area (Å²) in [6.45, 7) is 1.69. The lowest BCUT2D eigenvalue weighted by atomic mass is 10.2. The topological polar surface area (TPSA) is 29.5 Å². The van der Waals surface area contributed by atoms with Crippen LogP contribution >= 0.6 is 15.9 Å². The number of benzene rings is 2. The minimum absolute atomic E-state index is 0.0598. The Balaban J connectivity index is 2.39. The van der Waals surface area contributed by atoms with Gasteiger partial charge in [-0.1, -0.05) is 18.2 Å². The van der Waals surface area contributed by atoms with Gasteiger partial charge in [0.25, 0.3) is 0 Å². The van der Waals surface area contributed by atoms with Crippen LogP contribution in [0.25, 0.3) is 0 Å². The van der Waals surface area contributed by atoms with Crippen LogP contribution in [0, 0.1) is 12.7 Å². The van der Waals surface area contributed by atoms with Crippen molar-refractivity contribution < 1.29 is 14.2 Å². The van der Waals surface area contributed by atoms with E-state index in [1.807, 2.05) is 19.1 Å². The van der Waals surface area contributed by atoms with Crippen molar-refractivity contribution in [3.63, 3.8) is 0 Å². The Labute approximate surface area is 113 Å². The minimum Gasteiger partial charge on any atom is -0.453 e. The Kier molecular flexibility index (Phi) is 3.99. The van der Waals surface area contributed by atoms with E-state index >= 15 is 0 Å². The molecule has 0 spiro atoms. The molecule has 94 valence electrons. The summed E-state index contributed by atoms with van der Waals surface area (Å²) in [5.74, 6) is 0.0824. The van der Waals surface area contributed by atoms with Gasteiger partial charge >= 0.3 is 0 Å². The number of hydrogen-bond acceptors (Lipinski definition) is 2. The number of hydrogen-bond donors (Lipinski definition) is 1. The number of aliphatic hydroxyl groups excluding tert-OH is 1. The van der Waals surface area contributed by atoms with Crippen molar-refractivity contribution in [2.75, 3.05) is 0 Å². The molecule has 2 rings (SSSR count). The number of aliphatic hydroxyl groups is 1. The van der Waals surface area contributed by atoms with Crippen LogP contribution in [0.2, 0.25) is 0 Å². The highest BCUT2D eigenvalue weighted by Crippen LogP contribution is 2.33. The quantitative estimate of drug-likeness (QED) is 0.921. The van der Waals surface area contributed by atoms with Crippen LogP contribution in [0.4, 0.5) is 4.39 Å². The van der Waals surface area contributed by atoms with E-state index in [2.05, 4.69) is 15.9 Å². The number of rotatable bonds is 3. The highest BCUT2D eigenvalue weighted by Gasteiger charge is 2.12. The van der Waals surface area contributed by atoms with Crippen molar-refractivity contribution in [3.05, 3.63) is 57.8 Å². The summed E-state index contributed by atoms with van der Waals surface area (Å²) in [5.41, 5.74) is 1.49. The molecule has 0 aromatic heterocycles. The van der Waals surface area contributed by atoms with E-state index in [-0.39, 0.29) is 12.4 Å². The zero-order valence-corrected chi connectivity index (χ0v) is 11.4. The van der Waals surface area contributed by atoms with Crippen LogP contribution in [0.1, 0.15) is 11.1 Å². The molecule has 0 saturated heterocycles. The molecule has 0 radical (unpaired) electrons. The molecule has 0 unspecified atom stereocenters. The van der Waals surface area contributed by atoms with E-state index < -0.39 is 5.82 Å². The van der Waals surface area contributed by atoms with E-state index in [0.29, 0.717) is 11.3 Å². The van der Waals surface area contributed by atoms with Crippen LogP contribution in [-0.4, -0.2) is 5.11 Å². The van der Waals surface area contributed by atoms with Crippen molar-refractivity contribution in [3.8, 4) is 11.5 Å². The fourth-order valence-electron chi connectivity index (χ4n) is 1.59. The van der Waals surface area contributed by atoms with Gasteiger partial charge in [-0.15, -0.1) is 0 Å². The summed E-state index contributed by atoms with van der Waals surface area (Å²) in [5, 5.41) is 9.18. The third-order valence-electron chi connectivity index (χ3n) is 2.52. The summed E-state index contributed by atoms with van der Waals surface area (Å²) < 4.78 is 20.0. The van der Waals surface area contributed by atoms with Gasteiger partial charge in [0.1, 0.15) is 5.75 Å². The fourth-order valence-corrected chi connectivity index (χ4v) is 2.17. The largest absolute Gasteiger partial charge is 0.453 e. The molecule has 0 aliphatic carbocycles. The smallest absolute Gasteiger partial charge is 0.168 e. The van der Waals surface area contributed by atoms with E-state index in [1.165, 1.54) is 12.1 Å². The molecular formula is C14H12BrFO2. The van der Waals surface area contributed by atoms with E-state index in [9.17, 15) is 9.50 Å². The monoisotopic (exact) mass is 310 g/mol. The maximum Gasteiger partial charge on any atom is 0.168 e. The maximum absolute atomic E-state index is 13.7. The zero-order chi connectivity index (χ0) is 13.1. The SMILES string of the molecule is Cc1ccc(Oc2c(F)cccc2CO)c(Br)c1. The van der Waals surface area contributed by atoms with Gasteiger partial charge in [-0.25, -0.2) is 4.39 Å². The summed E-state index contributed by atoms with van der Waals surface area (Å²) in [6, 6.07) is 9.98. The lowest BCUT2D eigenvalue weighted by Gasteiger charge is -2.12. The Morgan fingerprint density at radius 2 is 2.06 bits per heavy atom. The molecule has 2 aromatic carbocycles. The van der Waals surface area contributed by atoms with Crippen molar-refractivity contribution in [1.82, 2.24) is 0 Å². The van der Waals surface area contributed by atoms with Crippen LogP contribution in [0.15, 0.2) is 40.9 Å². The molecule has 0 atom stereocenters. The Hall–Kier alpha value is -1.39. The predicted octanol–water partition coefficient (Wildman–Crippen LogP) is 4.18. The van der Waals surface area contributed by atoms with E-state index in [4.69, 9.17) is 4.74 Å². The second-order valence-corrected chi connectivity index (χ2v) is 4.78. The molecule has 0 aliphatic heterocycles. The first kappa shape index (κ1) is 13.1. The van der Waals surface area contributed by atoms with Crippen molar-refractivity contribution in [2.24, 2.45) is 0 Å². The normalized spacial score (nSPS) is 10.4. The van der Waals surface area contributed by atoms with E-state index in [1.54, 1.807) is 12.1 Å². The molecule has 2 nitrogen and oxygen atoms in total. The third kappa shape index (κ3) is 2.71. The number of aryl methyl sites for hydroxylation is 1. The molecular weight excluding hydrogens is 299 g/mol. The van der Waals surface area contributed by atoms with Crippen LogP contribution in [-0.2, 0) is 6.61 Å². The minimum atomic E-state index is -0.492. The summed E-state index contributed by atoms with van der Waals surface area (Å²) in [4.78, 5) is 0. The molecule has 0 fully saturated rings. The summed E-state index contributed by atoms with van der Waals surface area (Å²) >= 11 is 3.37. The Morgan fingerprint density at radius 1 is 1.28 bits per heavy atom. The average molecular weight is 311 g/mol. The van der Waals surface area contributed by atoms with Crippen LogP contribution < -0.4 is 4.74 Å². The molecule has 0 heterocycles. The van der Waals surface area contributed by atoms with Gasteiger partial charge in [0.15, 0.2) is 11.6 Å². The average Bonchev–Trinajstić information content (AvgIpc) is 2.34. The zero-order valence-electron chi connectivity index (χ0n) is 9.78. The van der Waals surface area contributed by atoms with E-state index in [0.717, 1.165) is 10.0 Å². The summed E-state index contributed by atoms with van der Waals surface area (Å²) in [7, 11) is 0. The third-order valence-corrected chi connectivity index (χ3v) is 3.14. The first-order valence-electron chi connectivity index (χ1n) is 5.44. The van der Waals surface area contributed by atoms with Crippen molar-refractivity contribution in [1.29, 1.82) is 0 Å². The predicted molar refractivity (Wildman–Crippen MR) is 71.3 cm³/mol. The highest BCUT2D eigenvalue weighted by molar-refractivity contribution is 9.10. The first-order valence-corrected chi connectivity index (χ1v) is 6.23. The lowest BCUT2D eigenvalue weighted by molar-refractivity contribution is 0.274. The van der Waals surface area contributed by atoms with Gasteiger partial charge in [-0.2, -0.15) is 0 Å². The molecule has 0 saturated carbocycles. The van der Waals surface area contributed by atoms with Gasteiger partial charge in [0.2, 0.25) is 0 Å². The number of halogens is 2.